The highest BCUT2D eigenvalue weighted by Crippen LogP contribution is 2.34. The van der Waals surface area contributed by atoms with Gasteiger partial charge in [0.15, 0.2) is 5.82 Å². The molecule has 1 saturated heterocycles. The normalized spacial score (nSPS) is 15.5. The number of imidazole rings is 1. The number of hydrogen-bond acceptors (Lipinski definition) is 6. The van der Waals surface area contributed by atoms with E-state index in [1.54, 1.807) is 0 Å². The lowest BCUT2D eigenvalue weighted by Crippen LogP contribution is -2.39. The van der Waals surface area contributed by atoms with Crippen LogP contribution in [-0.4, -0.2) is 79.5 Å². The van der Waals surface area contributed by atoms with Crippen LogP contribution in [0.25, 0.3) is 11.0 Å². The van der Waals surface area contributed by atoms with Crippen molar-refractivity contribution >= 4 is 34.7 Å². The molecule has 0 spiro atoms. The van der Waals surface area contributed by atoms with E-state index in [1.807, 2.05) is 41.6 Å². The van der Waals surface area contributed by atoms with Gasteiger partial charge >= 0.3 is 24.3 Å². The van der Waals surface area contributed by atoms with Gasteiger partial charge in [0, 0.05) is 37.3 Å². The van der Waals surface area contributed by atoms with Crippen LogP contribution in [0.5, 0.6) is 0 Å². The minimum Gasteiger partial charge on any atom is -0.475 e. The Balaban J connectivity index is 0.000000345. The largest absolute Gasteiger partial charge is 0.490 e. The minimum absolute atomic E-state index is 0.225. The molecule has 5 rings (SSSR count). The number of likely N-dealkylation sites (tertiary alicyclic amines) is 1. The molecular weight excluding hydrogens is 624 g/mol. The standard InChI is InChI=1S/C26H33N5O.2C2HF3O2/c1-18(2)31-17-28-25-23(31)15-22(29-26(25)27-16-20-8-9-20)21-10-12-30(13-11-21)24(32)14-19-6-4-3-5-7-19;2*3-2(4,5)1(6)7/h3-7,15,17-18,20-21H,8-14,16H2,1-2H3,(H,27,29);2*(H,6,7). The zero-order valence-corrected chi connectivity index (χ0v) is 25.1. The van der Waals surface area contributed by atoms with Crippen LogP contribution in [-0.2, 0) is 20.8 Å². The Labute approximate surface area is 260 Å². The van der Waals surface area contributed by atoms with Crippen LogP contribution in [0.1, 0.15) is 62.7 Å². The Hall–Kier alpha value is -4.37. The van der Waals surface area contributed by atoms with E-state index in [0.717, 1.165) is 66.5 Å². The molecule has 0 unspecified atom stereocenters. The smallest absolute Gasteiger partial charge is 0.475 e. The van der Waals surface area contributed by atoms with Gasteiger partial charge in [-0.15, -0.1) is 0 Å². The summed E-state index contributed by atoms with van der Waals surface area (Å²) in [7, 11) is 0. The van der Waals surface area contributed by atoms with E-state index in [2.05, 4.69) is 34.8 Å². The van der Waals surface area contributed by atoms with Crippen LogP contribution in [0.3, 0.4) is 0 Å². The fourth-order valence-corrected chi connectivity index (χ4v) is 4.66. The second kappa shape index (κ2) is 15.3. The summed E-state index contributed by atoms with van der Waals surface area (Å²) in [6, 6.07) is 12.6. The van der Waals surface area contributed by atoms with Crippen molar-refractivity contribution in [2.75, 3.05) is 25.0 Å². The van der Waals surface area contributed by atoms with Crippen molar-refractivity contribution in [3.8, 4) is 0 Å². The number of piperidine rings is 1. The minimum atomic E-state index is -5.08. The number of anilines is 1. The fourth-order valence-electron chi connectivity index (χ4n) is 4.66. The van der Waals surface area contributed by atoms with Crippen molar-refractivity contribution in [2.24, 2.45) is 5.92 Å². The SMILES string of the molecule is CC(C)n1cnc2c(NCC3CC3)nc(C3CCN(C(=O)Cc4ccccc4)CC3)cc21.O=C(O)C(F)(F)F.O=C(O)C(F)(F)F. The number of amides is 1. The van der Waals surface area contributed by atoms with E-state index in [1.165, 1.54) is 12.8 Å². The Morgan fingerprint density at radius 1 is 0.935 bits per heavy atom. The van der Waals surface area contributed by atoms with Gasteiger partial charge in [-0.1, -0.05) is 30.3 Å². The predicted molar refractivity (Wildman–Crippen MR) is 155 cm³/mol. The topological polar surface area (TPSA) is 138 Å². The maximum atomic E-state index is 12.8. The van der Waals surface area contributed by atoms with Crippen LogP contribution < -0.4 is 5.32 Å². The van der Waals surface area contributed by atoms with Gasteiger partial charge in [0.2, 0.25) is 5.91 Å². The van der Waals surface area contributed by atoms with Gasteiger partial charge in [-0.25, -0.2) is 19.6 Å². The average molecular weight is 660 g/mol. The number of hydrogen-bond donors (Lipinski definition) is 3. The highest BCUT2D eigenvalue weighted by Gasteiger charge is 2.39. The summed E-state index contributed by atoms with van der Waals surface area (Å²) in [5, 5.41) is 17.8. The molecule has 2 aliphatic rings. The zero-order chi connectivity index (χ0) is 34.2. The van der Waals surface area contributed by atoms with E-state index in [-0.39, 0.29) is 5.91 Å². The van der Waals surface area contributed by atoms with Crippen molar-refractivity contribution < 1.29 is 50.9 Å². The first-order valence-electron chi connectivity index (χ1n) is 14.5. The van der Waals surface area contributed by atoms with Crippen LogP contribution >= 0.6 is 0 Å². The number of pyridine rings is 1. The molecular formula is C30H35F6N5O5. The van der Waals surface area contributed by atoms with Crippen LogP contribution in [0, 0.1) is 5.92 Å². The number of carboxylic acids is 2. The number of nitrogens with zero attached hydrogens (tertiary/aromatic N) is 4. The van der Waals surface area contributed by atoms with Crippen molar-refractivity contribution in [1.82, 2.24) is 19.4 Å². The third-order valence-electron chi connectivity index (χ3n) is 7.34. The lowest BCUT2D eigenvalue weighted by Gasteiger charge is -2.32. The van der Waals surface area contributed by atoms with Gasteiger partial charge in [0.1, 0.15) is 5.52 Å². The molecule has 1 saturated carbocycles. The van der Waals surface area contributed by atoms with Crippen LogP contribution in [0.4, 0.5) is 32.2 Å². The molecule has 2 aromatic heterocycles. The first kappa shape index (κ1) is 36.1. The number of benzene rings is 1. The predicted octanol–water partition coefficient (Wildman–Crippen LogP) is 6.05. The summed E-state index contributed by atoms with van der Waals surface area (Å²) in [5.74, 6) is -3.21. The van der Waals surface area contributed by atoms with E-state index in [0.29, 0.717) is 18.4 Å². The number of carboxylic acid groups (broad SMARTS) is 2. The molecule has 10 nitrogen and oxygen atoms in total. The molecule has 252 valence electrons. The van der Waals surface area contributed by atoms with E-state index in [9.17, 15) is 31.1 Å². The number of aliphatic carboxylic acids is 2. The van der Waals surface area contributed by atoms with Gasteiger partial charge in [-0.2, -0.15) is 26.3 Å². The first-order chi connectivity index (χ1) is 21.5. The highest BCUT2D eigenvalue weighted by atomic mass is 19.4. The maximum absolute atomic E-state index is 12.8. The van der Waals surface area contributed by atoms with Crippen LogP contribution in [0.2, 0.25) is 0 Å². The van der Waals surface area contributed by atoms with E-state index < -0.39 is 24.3 Å². The first-order valence-corrected chi connectivity index (χ1v) is 14.5. The Kier molecular flexibility index (Phi) is 12.0. The second-order valence-corrected chi connectivity index (χ2v) is 11.3. The molecule has 3 heterocycles. The molecule has 0 radical (unpaired) electrons. The van der Waals surface area contributed by atoms with Crippen molar-refractivity contribution in [3.05, 3.63) is 54.0 Å². The third kappa shape index (κ3) is 10.6. The Morgan fingerprint density at radius 3 is 1.96 bits per heavy atom. The van der Waals surface area contributed by atoms with Crippen molar-refractivity contribution in [3.63, 3.8) is 0 Å². The van der Waals surface area contributed by atoms with E-state index in [4.69, 9.17) is 24.8 Å². The molecule has 1 amide bonds. The molecule has 3 N–H and O–H groups in total. The summed E-state index contributed by atoms with van der Waals surface area (Å²) in [6.45, 7) is 6.95. The molecule has 46 heavy (non-hydrogen) atoms. The molecule has 1 aromatic carbocycles. The van der Waals surface area contributed by atoms with Crippen molar-refractivity contribution in [1.29, 1.82) is 0 Å². The average Bonchev–Trinajstić information content (AvgIpc) is 3.71. The number of carbonyl (C=O) groups is 3. The molecule has 3 aromatic rings. The number of fused-ring (bicyclic) bond motifs is 1. The molecule has 1 aliphatic heterocycles. The molecule has 0 bridgehead atoms. The Bertz CT molecular complexity index is 1460. The highest BCUT2D eigenvalue weighted by molar-refractivity contribution is 5.86. The fraction of sp³-hybridized carbons (Fsp3) is 0.500. The lowest BCUT2D eigenvalue weighted by molar-refractivity contribution is -0.193. The number of halogens is 6. The van der Waals surface area contributed by atoms with Gasteiger partial charge < -0.3 is 25.0 Å². The van der Waals surface area contributed by atoms with Gasteiger partial charge in [0.05, 0.1) is 18.3 Å². The van der Waals surface area contributed by atoms with Gasteiger partial charge in [-0.3, -0.25) is 4.79 Å². The molecule has 2 fully saturated rings. The molecule has 16 heteroatoms. The second-order valence-electron chi connectivity index (χ2n) is 11.3. The summed E-state index contributed by atoms with van der Waals surface area (Å²) in [6.07, 6.45) is -3.21. The number of nitrogens with one attached hydrogen (secondary N) is 1. The number of rotatable bonds is 7. The number of alkyl halides is 6. The number of aromatic nitrogens is 3. The van der Waals surface area contributed by atoms with Crippen molar-refractivity contribution in [2.45, 2.75) is 70.3 Å². The summed E-state index contributed by atoms with van der Waals surface area (Å²) < 4.78 is 65.7. The van der Waals surface area contributed by atoms with Gasteiger partial charge in [0.25, 0.3) is 0 Å². The summed E-state index contributed by atoms with van der Waals surface area (Å²) in [5.41, 5.74) is 4.35. The van der Waals surface area contributed by atoms with Gasteiger partial charge in [-0.05, 0) is 57.1 Å². The lowest BCUT2D eigenvalue weighted by atomic mass is 9.92. The number of carbonyl (C=O) groups excluding carboxylic acids is 1. The monoisotopic (exact) mass is 659 g/mol. The summed E-state index contributed by atoms with van der Waals surface area (Å²) >= 11 is 0. The Morgan fingerprint density at radius 2 is 1.48 bits per heavy atom. The molecule has 1 aliphatic carbocycles. The molecule has 0 atom stereocenters. The van der Waals surface area contributed by atoms with E-state index >= 15 is 0 Å². The maximum Gasteiger partial charge on any atom is 0.490 e. The zero-order valence-electron chi connectivity index (χ0n) is 25.1. The third-order valence-corrected chi connectivity index (χ3v) is 7.34. The quantitative estimate of drug-likeness (QED) is 0.261. The summed E-state index contributed by atoms with van der Waals surface area (Å²) in [4.78, 5) is 42.3. The van der Waals surface area contributed by atoms with Crippen LogP contribution in [0.15, 0.2) is 42.7 Å².